The number of phenolic OH excluding ortho intramolecular Hbond substituents is 1. The van der Waals surface area contributed by atoms with Crippen LogP contribution in [0.1, 0.15) is 54.7 Å². The van der Waals surface area contributed by atoms with Gasteiger partial charge in [-0.15, -0.1) is 11.3 Å². The summed E-state index contributed by atoms with van der Waals surface area (Å²) in [5.41, 5.74) is 4.54. The van der Waals surface area contributed by atoms with E-state index in [9.17, 15) is 5.11 Å². The first-order chi connectivity index (χ1) is 12.1. The molecule has 3 aromatic rings. The summed E-state index contributed by atoms with van der Waals surface area (Å²) in [6, 6.07) is 12.7. The molecule has 4 rings (SSSR count). The largest absolute Gasteiger partial charge is 0.507 e. The van der Waals surface area contributed by atoms with Crippen molar-refractivity contribution < 1.29 is 5.11 Å². The van der Waals surface area contributed by atoms with Gasteiger partial charge in [-0.05, 0) is 66.7 Å². The molecule has 1 N–H and O–H groups in total. The summed E-state index contributed by atoms with van der Waals surface area (Å²) in [5.74, 6) is 0.994. The van der Waals surface area contributed by atoms with Gasteiger partial charge in [0.1, 0.15) is 5.75 Å². The number of aryl methyl sites for hydroxylation is 1. The van der Waals surface area contributed by atoms with Crippen molar-refractivity contribution in [3.05, 3.63) is 57.0 Å². The van der Waals surface area contributed by atoms with E-state index in [1.54, 1.807) is 11.3 Å². The molecule has 0 saturated heterocycles. The molecule has 0 atom stereocenters. The number of aromatic hydroxyl groups is 1. The highest BCUT2D eigenvalue weighted by Gasteiger charge is 2.20. The Kier molecular flexibility index (Phi) is 4.65. The van der Waals surface area contributed by atoms with Crippen molar-refractivity contribution in [3.63, 3.8) is 0 Å². The zero-order chi connectivity index (χ0) is 17.4. The molecule has 1 aliphatic rings. The number of benzene rings is 2. The number of nitrogens with zero attached hydrogens (tertiary/aromatic N) is 1. The number of hydrogen-bond donors (Lipinski definition) is 1. The fourth-order valence-corrected chi connectivity index (χ4v) is 5.37. The van der Waals surface area contributed by atoms with E-state index in [-0.39, 0.29) is 0 Å². The predicted molar refractivity (Wildman–Crippen MR) is 108 cm³/mol. The summed E-state index contributed by atoms with van der Waals surface area (Å²) < 4.78 is 4.35. The Labute approximate surface area is 157 Å². The number of rotatable bonds is 3. The highest BCUT2D eigenvalue weighted by molar-refractivity contribution is 7.73. The van der Waals surface area contributed by atoms with E-state index in [1.807, 2.05) is 6.92 Å². The Bertz CT molecular complexity index is 964. The van der Waals surface area contributed by atoms with Gasteiger partial charge in [-0.2, -0.15) is 0 Å². The van der Waals surface area contributed by atoms with Crippen LogP contribution >= 0.6 is 23.6 Å². The second-order valence-electron chi connectivity index (χ2n) is 7.11. The normalized spacial score (nSPS) is 15.7. The van der Waals surface area contributed by atoms with Crippen molar-refractivity contribution in [3.8, 4) is 5.75 Å². The van der Waals surface area contributed by atoms with E-state index in [2.05, 4.69) is 41.0 Å². The molecule has 0 unspecified atom stereocenters. The summed E-state index contributed by atoms with van der Waals surface area (Å²) in [7, 11) is 0. The minimum Gasteiger partial charge on any atom is -0.507 e. The lowest BCUT2D eigenvalue weighted by molar-refractivity contribution is 0.412. The van der Waals surface area contributed by atoms with Crippen LogP contribution in [0.2, 0.25) is 0 Å². The number of thiazole rings is 1. The molecular weight excluding hydrogens is 346 g/mol. The molecule has 0 spiro atoms. The minimum atomic E-state index is 0.495. The Morgan fingerprint density at radius 3 is 2.72 bits per heavy atom. The van der Waals surface area contributed by atoms with Crippen LogP contribution in [-0.2, 0) is 6.54 Å². The first-order valence-corrected chi connectivity index (χ1v) is 10.3. The fraction of sp³-hybridized carbons (Fsp3) is 0.381. The average Bonchev–Trinajstić information content (AvgIpc) is 2.94. The van der Waals surface area contributed by atoms with Gasteiger partial charge in [-0.3, -0.25) is 0 Å². The third kappa shape index (κ3) is 3.25. The van der Waals surface area contributed by atoms with Crippen LogP contribution in [0, 0.1) is 10.9 Å². The van der Waals surface area contributed by atoms with Gasteiger partial charge in [0.2, 0.25) is 0 Å². The molecule has 0 amide bonds. The first-order valence-electron chi connectivity index (χ1n) is 9.04. The Hall–Kier alpha value is -1.65. The van der Waals surface area contributed by atoms with Crippen LogP contribution < -0.4 is 0 Å². The second-order valence-corrected chi connectivity index (χ2v) is 8.78. The van der Waals surface area contributed by atoms with Crippen molar-refractivity contribution in [2.45, 2.75) is 51.5 Å². The minimum absolute atomic E-state index is 0.495. The van der Waals surface area contributed by atoms with Gasteiger partial charge in [-0.25, -0.2) is 0 Å². The standard InChI is InChI=1S/C21H23NOS2/c1-14-11-15(12-17(20(14)23)16-7-3-2-4-8-16)13-22-18-9-5-6-10-19(18)25-21(22)24/h5-6,9-12,16,23H,2-4,7-8,13H2,1H3. The van der Waals surface area contributed by atoms with Gasteiger partial charge >= 0.3 is 0 Å². The van der Waals surface area contributed by atoms with Crippen molar-refractivity contribution in [1.29, 1.82) is 0 Å². The van der Waals surface area contributed by atoms with Crippen LogP contribution in [0.5, 0.6) is 5.75 Å². The smallest absolute Gasteiger partial charge is 0.162 e. The fourth-order valence-electron chi connectivity index (χ4n) is 4.05. The number of para-hydroxylation sites is 1. The molecule has 130 valence electrons. The number of phenols is 1. The molecule has 0 aliphatic heterocycles. The van der Waals surface area contributed by atoms with Gasteiger partial charge in [-0.1, -0.05) is 43.5 Å². The van der Waals surface area contributed by atoms with E-state index in [4.69, 9.17) is 12.2 Å². The summed E-state index contributed by atoms with van der Waals surface area (Å²) in [5, 5.41) is 10.6. The van der Waals surface area contributed by atoms with Gasteiger partial charge in [0.15, 0.2) is 3.95 Å². The second kappa shape index (κ2) is 6.93. The summed E-state index contributed by atoms with van der Waals surface area (Å²) in [6.45, 7) is 2.78. The third-order valence-electron chi connectivity index (χ3n) is 5.35. The van der Waals surface area contributed by atoms with Crippen molar-refractivity contribution in [1.82, 2.24) is 4.57 Å². The number of fused-ring (bicyclic) bond motifs is 1. The predicted octanol–water partition coefficient (Wildman–Crippen LogP) is 6.54. The molecule has 1 aromatic heterocycles. The molecular formula is C21H23NOS2. The molecule has 0 radical (unpaired) electrons. The van der Waals surface area contributed by atoms with Crippen LogP contribution in [-0.4, -0.2) is 9.67 Å². The molecule has 25 heavy (non-hydrogen) atoms. The van der Waals surface area contributed by atoms with Crippen molar-refractivity contribution >= 4 is 33.8 Å². The topological polar surface area (TPSA) is 25.2 Å². The summed E-state index contributed by atoms with van der Waals surface area (Å²) in [4.78, 5) is 0. The highest BCUT2D eigenvalue weighted by Crippen LogP contribution is 2.39. The van der Waals surface area contributed by atoms with Gasteiger partial charge in [0, 0.05) is 6.54 Å². The van der Waals surface area contributed by atoms with E-state index in [1.165, 1.54) is 47.9 Å². The van der Waals surface area contributed by atoms with Crippen LogP contribution in [0.15, 0.2) is 36.4 Å². The van der Waals surface area contributed by atoms with Gasteiger partial charge < -0.3 is 9.67 Å². The average molecular weight is 370 g/mol. The van der Waals surface area contributed by atoms with Crippen molar-refractivity contribution in [2.75, 3.05) is 0 Å². The summed E-state index contributed by atoms with van der Waals surface area (Å²) in [6.07, 6.45) is 6.25. The quantitative estimate of drug-likeness (QED) is 0.530. The molecule has 0 bridgehead atoms. The van der Waals surface area contributed by atoms with Crippen molar-refractivity contribution in [2.24, 2.45) is 0 Å². The molecule has 1 aliphatic carbocycles. The molecule has 4 heteroatoms. The Balaban J connectivity index is 1.74. The lowest BCUT2D eigenvalue weighted by atomic mass is 9.82. The van der Waals surface area contributed by atoms with E-state index < -0.39 is 0 Å². The maximum absolute atomic E-state index is 10.6. The molecule has 1 heterocycles. The maximum atomic E-state index is 10.6. The maximum Gasteiger partial charge on any atom is 0.162 e. The number of aromatic nitrogens is 1. The SMILES string of the molecule is Cc1cc(Cn2c(=S)sc3ccccc32)cc(C2CCCCC2)c1O. The Morgan fingerprint density at radius 1 is 1.16 bits per heavy atom. The lowest BCUT2D eigenvalue weighted by Gasteiger charge is -2.24. The monoisotopic (exact) mass is 369 g/mol. The van der Waals surface area contributed by atoms with E-state index in [0.717, 1.165) is 21.6 Å². The first kappa shape index (κ1) is 16.8. The molecule has 2 aromatic carbocycles. The Morgan fingerprint density at radius 2 is 1.92 bits per heavy atom. The van der Waals surface area contributed by atoms with Crippen LogP contribution in [0.4, 0.5) is 0 Å². The lowest BCUT2D eigenvalue weighted by Crippen LogP contribution is -2.07. The van der Waals surface area contributed by atoms with Crippen LogP contribution in [0.3, 0.4) is 0 Å². The van der Waals surface area contributed by atoms with Crippen LogP contribution in [0.25, 0.3) is 10.2 Å². The third-order valence-corrected chi connectivity index (χ3v) is 6.78. The molecule has 1 fully saturated rings. The highest BCUT2D eigenvalue weighted by atomic mass is 32.1. The zero-order valence-corrected chi connectivity index (χ0v) is 16.1. The van der Waals surface area contributed by atoms with E-state index >= 15 is 0 Å². The van der Waals surface area contributed by atoms with Gasteiger partial charge in [0.05, 0.1) is 10.2 Å². The van der Waals surface area contributed by atoms with E-state index in [0.29, 0.717) is 11.7 Å². The zero-order valence-electron chi connectivity index (χ0n) is 14.5. The molecule has 1 saturated carbocycles. The van der Waals surface area contributed by atoms with Gasteiger partial charge in [0.25, 0.3) is 0 Å². The number of hydrogen-bond acceptors (Lipinski definition) is 3. The summed E-state index contributed by atoms with van der Waals surface area (Å²) >= 11 is 7.27. The molecule has 2 nitrogen and oxygen atoms in total.